The van der Waals surface area contributed by atoms with Crippen LogP contribution in [0.3, 0.4) is 0 Å². The van der Waals surface area contributed by atoms with Gasteiger partial charge in [0, 0.05) is 0 Å². The maximum absolute atomic E-state index is 10.8. The summed E-state index contributed by atoms with van der Waals surface area (Å²) in [6.45, 7) is 6.46. The molecule has 0 saturated carbocycles. The zero-order valence-corrected chi connectivity index (χ0v) is 12.6. The van der Waals surface area contributed by atoms with Crippen LogP contribution in [0, 0.1) is 5.41 Å². The van der Waals surface area contributed by atoms with E-state index in [1.807, 2.05) is 0 Å². The fourth-order valence-corrected chi connectivity index (χ4v) is 2.44. The molecule has 1 atom stereocenters. The van der Waals surface area contributed by atoms with Gasteiger partial charge < -0.3 is 5.11 Å². The third kappa shape index (κ3) is 9.49. The fraction of sp³-hybridized carbons (Fsp3) is 0.938. The Kier molecular flexibility index (Phi) is 10.1. The van der Waals surface area contributed by atoms with Crippen molar-refractivity contribution in [1.82, 2.24) is 0 Å². The molecule has 0 spiro atoms. The lowest BCUT2D eigenvalue weighted by Gasteiger charge is -2.26. The predicted octanol–water partition coefficient (Wildman–Crippen LogP) is 5.41. The molecule has 2 nitrogen and oxygen atoms in total. The number of unbranched alkanes of at least 4 members (excludes halogenated alkanes) is 7. The second kappa shape index (κ2) is 10.4. The van der Waals surface area contributed by atoms with Gasteiger partial charge in [-0.3, -0.25) is 4.79 Å². The van der Waals surface area contributed by atoms with Crippen LogP contribution in [0.25, 0.3) is 0 Å². The smallest absolute Gasteiger partial charge is 0.303 e. The van der Waals surface area contributed by atoms with Gasteiger partial charge in [-0.1, -0.05) is 78.6 Å². The maximum Gasteiger partial charge on any atom is 0.303 e. The lowest BCUT2D eigenvalue weighted by Crippen LogP contribution is -2.19. The van der Waals surface area contributed by atoms with Crippen molar-refractivity contribution in [3.63, 3.8) is 0 Å². The van der Waals surface area contributed by atoms with Gasteiger partial charge in [-0.25, -0.2) is 0 Å². The monoisotopic (exact) mass is 256 g/mol. The molecule has 18 heavy (non-hydrogen) atoms. The van der Waals surface area contributed by atoms with Gasteiger partial charge in [-0.15, -0.1) is 0 Å². The molecule has 108 valence electrons. The summed E-state index contributed by atoms with van der Waals surface area (Å²) in [7, 11) is 0. The molecule has 0 rings (SSSR count). The number of carbonyl (C=O) groups is 1. The highest BCUT2D eigenvalue weighted by Gasteiger charge is 2.24. The van der Waals surface area contributed by atoms with E-state index in [-0.39, 0.29) is 5.41 Å². The zero-order valence-electron chi connectivity index (χ0n) is 12.6. The highest BCUT2D eigenvalue weighted by Crippen LogP contribution is 2.32. The van der Waals surface area contributed by atoms with Gasteiger partial charge in [0.05, 0.1) is 6.42 Å². The number of hydrogen-bond donors (Lipinski definition) is 1. The van der Waals surface area contributed by atoms with Gasteiger partial charge >= 0.3 is 5.97 Å². The fourth-order valence-electron chi connectivity index (χ4n) is 2.44. The minimum absolute atomic E-state index is 0.00798. The number of hydrogen-bond acceptors (Lipinski definition) is 1. The van der Waals surface area contributed by atoms with Crippen LogP contribution >= 0.6 is 0 Å². The molecule has 0 aromatic heterocycles. The van der Waals surface area contributed by atoms with Crippen molar-refractivity contribution >= 4 is 5.97 Å². The lowest BCUT2D eigenvalue weighted by atomic mass is 9.79. The second-order valence-corrected chi connectivity index (χ2v) is 5.96. The first-order valence-electron chi connectivity index (χ1n) is 7.76. The largest absolute Gasteiger partial charge is 0.481 e. The summed E-state index contributed by atoms with van der Waals surface area (Å²) in [5.41, 5.74) is 0.00798. The second-order valence-electron chi connectivity index (χ2n) is 5.96. The SMILES string of the molecule is CCCCCCCCCCC(C)(CC)CC(=O)O. The molecule has 0 aromatic rings. The Labute approximate surface area is 113 Å². The van der Waals surface area contributed by atoms with Crippen molar-refractivity contribution in [2.45, 2.75) is 91.4 Å². The highest BCUT2D eigenvalue weighted by atomic mass is 16.4. The maximum atomic E-state index is 10.8. The number of carboxylic acid groups (broad SMARTS) is 1. The topological polar surface area (TPSA) is 37.3 Å². The van der Waals surface area contributed by atoms with Crippen molar-refractivity contribution < 1.29 is 9.90 Å². The van der Waals surface area contributed by atoms with E-state index in [4.69, 9.17) is 5.11 Å². The first-order valence-corrected chi connectivity index (χ1v) is 7.76. The van der Waals surface area contributed by atoms with E-state index in [0.717, 1.165) is 12.8 Å². The van der Waals surface area contributed by atoms with Crippen LogP contribution < -0.4 is 0 Å². The molecule has 0 heterocycles. The van der Waals surface area contributed by atoms with E-state index in [1.54, 1.807) is 0 Å². The minimum Gasteiger partial charge on any atom is -0.481 e. The lowest BCUT2D eigenvalue weighted by molar-refractivity contribution is -0.139. The summed E-state index contributed by atoms with van der Waals surface area (Å²) >= 11 is 0. The minimum atomic E-state index is -0.654. The van der Waals surface area contributed by atoms with E-state index in [0.29, 0.717) is 6.42 Å². The van der Waals surface area contributed by atoms with Crippen LogP contribution in [-0.4, -0.2) is 11.1 Å². The normalized spacial score (nSPS) is 14.4. The van der Waals surface area contributed by atoms with E-state index in [2.05, 4.69) is 20.8 Å². The average Bonchev–Trinajstić information content (AvgIpc) is 2.32. The van der Waals surface area contributed by atoms with Crippen molar-refractivity contribution in [3.05, 3.63) is 0 Å². The van der Waals surface area contributed by atoms with Crippen LogP contribution in [-0.2, 0) is 4.79 Å². The molecule has 0 radical (unpaired) electrons. The first kappa shape index (κ1) is 17.5. The molecule has 0 saturated heterocycles. The Hall–Kier alpha value is -0.530. The van der Waals surface area contributed by atoms with Crippen molar-refractivity contribution in [1.29, 1.82) is 0 Å². The van der Waals surface area contributed by atoms with Crippen molar-refractivity contribution in [3.8, 4) is 0 Å². The average molecular weight is 256 g/mol. The molecule has 0 aliphatic rings. The van der Waals surface area contributed by atoms with Gasteiger partial charge in [-0.05, 0) is 11.8 Å². The molecule has 0 aliphatic carbocycles. The standard InChI is InChI=1S/C16H32O2/c1-4-6-7-8-9-10-11-12-13-16(3,5-2)14-15(17)18/h4-14H2,1-3H3,(H,17,18). The van der Waals surface area contributed by atoms with E-state index in [1.165, 1.54) is 51.4 Å². The van der Waals surface area contributed by atoms with Crippen LogP contribution in [0.2, 0.25) is 0 Å². The molecule has 2 heteroatoms. The quantitative estimate of drug-likeness (QED) is 0.474. The van der Waals surface area contributed by atoms with Gasteiger partial charge in [-0.2, -0.15) is 0 Å². The first-order chi connectivity index (χ1) is 8.54. The Morgan fingerprint density at radius 2 is 1.44 bits per heavy atom. The van der Waals surface area contributed by atoms with Crippen molar-refractivity contribution in [2.24, 2.45) is 5.41 Å². The van der Waals surface area contributed by atoms with Crippen molar-refractivity contribution in [2.75, 3.05) is 0 Å². The van der Waals surface area contributed by atoms with E-state index >= 15 is 0 Å². The van der Waals surface area contributed by atoms with Gasteiger partial charge in [0.25, 0.3) is 0 Å². The third-order valence-electron chi connectivity index (χ3n) is 4.07. The van der Waals surface area contributed by atoms with Crippen LogP contribution in [0.15, 0.2) is 0 Å². The molecule has 0 aliphatic heterocycles. The van der Waals surface area contributed by atoms with Gasteiger partial charge in [0.2, 0.25) is 0 Å². The summed E-state index contributed by atoms with van der Waals surface area (Å²) in [5, 5.41) is 8.90. The number of rotatable bonds is 12. The number of carboxylic acids is 1. The summed E-state index contributed by atoms with van der Waals surface area (Å²) in [6.07, 6.45) is 12.9. The number of aliphatic carboxylic acids is 1. The summed E-state index contributed by atoms with van der Waals surface area (Å²) in [6, 6.07) is 0. The Balaban J connectivity index is 3.53. The van der Waals surface area contributed by atoms with Crippen LogP contribution in [0.4, 0.5) is 0 Å². The van der Waals surface area contributed by atoms with Gasteiger partial charge in [0.15, 0.2) is 0 Å². The van der Waals surface area contributed by atoms with E-state index < -0.39 is 5.97 Å². The predicted molar refractivity (Wildman–Crippen MR) is 77.9 cm³/mol. The molecule has 0 fully saturated rings. The Morgan fingerprint density at radius 1 is 0.944 bits per heavy atom. The zero-order chi connectivity index (χ0) is 13.9. The molecule has 0 amide bonds. The molecule has 0 bridgehead atoms. The molecular formula is C16H32O2. The van der Waals surface area contributed by atoms with Crippen LogP contribution in [0.1, 0.15) is 91.4 Å². The Bertz CT molecular complexity index is 213. The molecule has 1 N–H and O–H groups in total. The Morgan fingerprint density at radius 3 is 1.89 bits per heavy atom. The van der Waals surface area contributed by atoms with Crippen LogP contribution in [0.5, 0.6) is 0 Å². The third-order valence-corrected chi connectivity index (χ3v) is 4.07. The molecule has 0 aromatic carbocycles. The van der Waals surface area contributed by atoms with E-state index in [9.17, 15) is 4.79 Å². The molecule has 1 unspecified atom stereocenters. The molecular weight excluding hydrogens is 224 g/mol. The highest BCUT2D eigenvalue weighted by molar-refractivity contribution is 5.67. The summed E-state index contributed by atoms with van der Waals surface area (Å²) in [5.74, 6) is -0.654. The summed E-state index contributed by atoms with van der Waals surface area (Å²) in [4.78, 5) is 10.8. The van der Waals surface area contributed by atoms with Gasteiger partial charge in [0.1, 0.15) is 0 Å². The summed E-state index contributed by atoms with van der Waals surface area (Å²) < 4.78 is 0.